The quantitative estimate of drug-likeness (QED) is 0.295. The van der Waals surface area contributed by atoms with Crippen molar-refractivity contribution in [2.45, 2.75) is 117 Å². The van der Waals surface area contributed by atoms with Crippen LogP contribution in [-0.2, 0) is 25.5 Å². The number of benzene rings is 1. The van der Waals surface area contributed by atoms with Crippen molar-refractivity contribution in [1.29, 1.82) is 0 Å². The van der Waals surface area contributed by atoms with Gasteiger partial charge >= 0.3 is 0 Å². The fourth-order valence-corrected chi connectivity index (χ4v) is 13.7. The second-order valence-corrected chi connectivity index (χ2v) is 18.0. The summed E-state index contributed by atoms with van der Waals surface area (Å²) < 4.78 is 47.3. The zero-order valence-electron chi connectivity index (χ0n) is 29.2. The van der Waals surface area contributed by atoms with Crippen LogP contribution in [0.3, 0.4) is 0 Å². The van der Waals surface area contributed by atoms with E-state index in [0.29, 0.717) is 71.9 Å². The Morgan fingerprint density at radius 2 is 1.81 bits per heavy atom. The van der Waals surface area contributed by atoms with Crippen LogP contribution in [0, 0.1) is 62.9 Å². The zero-order chi connectivity index (χ0) is 32.9. The van der Waals surface area contributed by atoms with E-state index < -0.39 is 11.6 Å². The average Bonchev–Trinajstić information content (AvgIpc) is 3.57. The maximum Gasteiger partial charge on any atom is 0.209 e. The average molecular weight is 655 g/mol. The highest BCUT2D eigenvalue weighted by molar-refractivity contribution is 5.47. The molecule has 1 amide bonds. The number of fused-ring (bicyclic) bond motifs is 4. The van der Waals surface area contributed by atoms with Crippen LogP contribution in [0.1, 0.15) is 91.0 Å². The maximum atomic E-state index is 13.8. The van der Waals surface area contributed by atoms with Crippen molar-refractivity contribution in [2.75, 3.05) is 33.3 Å². The molecule has 2 heterocycles. The number of nitrogens with zero attached hydrogens (tertiary/aromatic N) is 2. The van der Waals surface area contributed by atoms with Crippen LogP contribution in [0.15, 0.2) is 18.2 Å². The van der Waals surface area contributed by atoms with Gasteiger partial charge in [0.25, 0.3) is 0 Å². The molecule has 2 aliphatic heterocycles. The lowest BCUT2D eigenvalue weighted by atomic mass is 9.46. The first-order valence-electron chi connectivity index (χ1n) is 18.6. The fourth-order valence-electron chi connectivity index (χ4n) is 13.7. The Hall–Kier alpha value is -1.61. The monoisotopic (exact) mass is 654 g/mol. The molecule has 7 aliphatic rings. The summed E-state index contributed by atoms with van der Waals surface area (Å²) in [7, 11) is 2.04. The van der Waals surface area contributed by atoms with Crippen LogP contribution >= 0.6 is 0 Å². The van der Waals surface area contributed by atoms with Gasteiger partial charge in [0.1, 0.15) is 11.6 Å². The topological polar surface area (TPSA) is 51.2 Å². The Bertz CT molecular complexity index is 1360. The number of hydrogen-bond donors (Lipinski definition) is 0. The molecule has 1 aromatic carbocycles. The van der Waals surface area contributed by atoms with Gasteiger partial charge in [-0.25, -0.2) is 8.78 Å². The number of rotatable bonds is 7. The fraction of sp³-hybridized carbons (Fsp3) is 0.821. The van der Waals surface area contributed by atoms with E-state index in [1.165, 1.54) is 57.1 Å². The Morgan fingerprint density at radius 1 is 1.02 bits per heavy atom. The highest BCUT2D eigenvalue weighted by atomic mass is 19.1. The number of carbonyl (C=O) groups is 1. The lowest BCUT2D eigenvalue weighted by molar-refractivity contribution is -0.243. The van der Waals surface area contributed by atoms with E-state index in [1.807, 2.05) is 7.05 Å². The number of hydrogen-bond acceptors (Lipinski definition) is 5. The van der Waals surface area contributed by atoms with Crippen molar-refractivity contribution in [1.82, 2.24) is 9.80 Å². The smallest absolute Gasteiger partial charge is 0.209 e. The number of carbonyl (C=O) groups excluding carboxylic acids is 1. The molecule has 0 aromatic heterocycles. The van der Waals surface area contributed by atoms with E-state index in [9.17, 15) is 13.6 Å². The molecule has 5 saturated carbocycles. The van der Waals surface area contributed by atoms with E-state index >= 15 is 0 Å². The molecule has 2 saturated heterocycles. The maximum absolute atomic E-state index is 13.8. The van der Waals surface area contributed by atoms with Crippen molar-refractivity contribution in [2.24, 2.45) is 51.2 Å². The van der Waals surface area contributed by atoms with Gasteiger partial charge in [-0.3, -0.25) is 9.69 Å². The Kier molecular flexibility index (Phi) is 7.95. The number of morpholine rings is 1. The first-order chi connectivity index (χ1) is 22.4. The van der Waals surface area contributed by atoms with Gasteiger partial charge in [-0.15, -0.1) is 0 Å². The molecule has 1 aromatic rings. The second-order valence-electron chi connectivity index (χ2n) is 18.0. The number of ether oxygens (including phenoxy) is 3. The third kappa shape index (κ3) is 5.07. The highest BCUT2D eigenvalue weighted by Gasteiger charge is 2.81. The largest absolute Gasteiger partial charge is 0.373 e. The molecule has 47 heavy (non-hydrogen) atoms. The third-order valence-electron chi connectivity index (χ3n) is 15.3. The molecule has 8 rings (SSSR count). The van der Waals surface area contributed by atoms with E-state index in [2.05, 4.69) is 32.6 Å². The van der Waals surface area contributed by atoms with Gasteiger partial charge in [-0.2, -0.15) is 0 Å². The molecule has 0 N–H and O–H groups in total. The van der Waals surface area contributed by atoms with Gasteiger partial charge in [-0.05, 0) is 134 Å². The van der Waals surface area contributed by atoms with Gasteiger partial charge in [0.15, 0.2) is 6.29 Å². The second kappa shape index (κ2) is 11.5. The molecule has 5 aliphatic carbocycles. The van der Waals surface area contributed by atoms with Crippen molar-refractivity contribution < 1.29 is 27.8 Å². The van der Waals surface area contributed by atoms with Gasteiger partial charge in [0.2, 0.25) is 6.41 Å². The lowest BCUT2D eigenvalue weighted by Gasteiger charge is -2.60. The van der Waals surface area contributed by atoms with Gasteiger partial charge < -0.3 is 19.1 Å². The molecule has 260 valence electrons. The van der Waals surface area contributed by atoms with E-state index in [-0.39, 0.29) is 23.9 Å². The predicted octanol–water partition coefficient (Wildman–Crippen LogP) is 7.05. The normalized spacial score (nSPS) is 46.6. The zero-order valence-corrected chi connectivity index (χ0v) is 29.2. The number of halogens is 2. The minimum atomic E-state index is -0.518. The summed E-state index contributed by atoms with van der Waals surface area (Å²) >= 11 is 0. The molecule has 9 unspecified atom stereocenters. The number of amides is 1. The van der Waals surface area contributed by atoms with Gasteiger partial charge in [0.05, 0.1) is 31.5 Å². The van der Waals surface area contributed by atoms with Crippen LogP contribution in [0.25, 0.3) is 0 Å². The van der Waals surface area contributed by atoms with E-state index in [1.54, 1.807) is 4.90 Å². The molecule has 8 heteroatoms. The van der Waals surface area contributed by atoms with Crippen LogP contribution in [0.4, 0.5) is 8.78 Å². The minimum Gasteiger partial charge on any atom is -0.373 e. The van der Waals surface area contributed by atoms with Crippen LogP contribution in [0.5, 0.6) is 0 Å². The number of likely N-dealkylation sites (N-methyl/N-ethyl adjacent to an activating group) is 1. The summed E-state index contributed by atoms with van der Waals surface area (Å²) in [6.45, 7) is 13.0. The summed E-state index contributed by atoms with van der Waals surface area (Å²) in [6, 6.07) is 3.81. The molecule has 0 bridgehead atoms. The molecule has 2 spiro atoms. The summed E-state index contributed by atoms with van der Waals surface area (Å²) in [6.07, 6.45) is 12.5. The Labute approximate surface area is 280 Å². The van der Waals surface area contributed by atoms with Crippen molar-refractivity contribution in [3.63, 3.8) is 0 Å². The first-order valence-corrected chi connectivity index (χ1v) is 18.6. The highest BCUT2D eigenvalue weighted by Crippen LogP contribution is 2.87. The first kappa shape index (κ1) is 32.6. The third-order valence-corrected chi connectivity index (χ3v) is 15.3. The molecule has 12 atom stereocenters. The van der Waals surface area contributed by atoms with Gasteiger partial charge in [-0.1, -0.05) is 27.7 Å². The SMILES string of the molecule is CC1CC(CN(C)Cc2cc(F)cc(F)c2)OC2CC3C4CCC5C(C)(C)[C@@H](OC6CN(C=O)CCO6)CCC56C[C@@]46CC[C@]3(C)C12. The minimum absolute atomic E-state index is 0.0815. The van der Waals surface area contributed by atoms with Crippen LogP contribution in [-0.4, -0.2) is 74.1 Å². The Morgan fingerprint density at radius 3 is 2.57 bits per heavy atom. The predicted molar refractivity (Wildman–Crippen MR) is 175 cm³/mol. The van der Waals surface area contributed by atoms with Crippen molar-refractivity contribution in [3.05, 3.63) is 35.4 Å². The van der Waals surface area contributed by atoms with Gasteiger partial charge in [0, 0.05) is 25.7 Å². The van der Waals surface area contributed by atoms with Crippen LogP contribution in [0.2, 0.25) is 0 Å². The van der Waals surface area contributed by atoms with Crippen molar-refractivity contribution in [3.8, 4) is 0 Å². The molecular weight excluding hydrogens is 598 g/mol. The van der Waals surface area contributed by atoms with E-state index in [0.717, 1.165) is 43.7 Å². The lowest BCUT2D eigenvalue weighted by Crippen LogP contribution is -2.56. The summed E-state index contributed by atoms with van der Waals surface area (Å²) in [5.74, 6) is 2.37. The molecule has 7 fully saturated rings. The van der Waals surface area contributed by atoms with Crippen molar-refractivity contribution >= 4 is 6.41 Å². The summed E-state index contributed by atoms with van der Waals surface area (Å²) in [5.41, 5.74) is 2.02. The standard InChI is InChI=1S/C39H56F2N2O4/c1-24-14-28(20-42(5)19-25-15-26(40)17-27(41)16-25)46-31-18-30-29-6-7-32-36(2,3)33(47-34-21-43(23-44)12-13-45-34)8-9-39(32)22-38(29,39)11-10-37(30,4)35(24)31/h15-17,23-24,28-35H,6-14,18-22H2,1-5H3/t24?,28?,29?,30?,31?,32?,33-,34?,35?,37-,38-,39?/m0/s1. The van der Waals surface area contributed by atoms with Crippen LogP contribution < -0.4 is 0 Å². The molecular formula is C39H56F2N2O4. The molecule has 0 radical (unpaired) electrons. The summed E-state index contributed by atoms with van der Waals surface area (Å²) in [4.78, 5) is 15.4. The van der Waals surface area contributed by atoms with E-state index in [4.69, 9.17) is 14.2 Å². The summed E-state index contributed by atoms with van der Waals surface area (Å²) in [5, 5.41) is 0. The molecule has 6 nitrogen and oxygen atoms in total. The Balaban J connectivity index is 0.947.